The maximum absolute atomic E-state index is 12.7. The molecule has 31 heavy (non-hydrogen) atoms. The lowest BCUT2D eigenvalue weighted by Crippen LogP contribution is -2.25. The first-order chi connectivity index (χ1) is 15.0. The fourth-order valence-electron chi connectivity index (χ4n) is 3.30. The second-order valence-corrected chi connectivity index (χ2v) is 8.10. The van der Waals surface area contributed by atoms with Gasteiger partial charge in [0.25, 0.3) is 11.8 Å². The van der Waals surface area contributed by atoms with Gasteiger partial charge < -0.3 is 15.8 Å². The fraction of sp³-hybridized carbons (Fsp3) is 0.125. The van der Waals surface area contributed by atoms with Gasteiger partial charge >= 0.3 is 0 Å². The Balaban J connectivity index is 1.38. The molecule has 4 aromatic rings. The van der Waals surface area contributed by atoms with Crippen LogP contribution in [0.4, 0.5) is 0 Å². The zero-order valence-electron chi connectivity index (χ0n) is 16.9. The highest BCUT2D eigenvalue weighted by atomic mass is 32.1. The summed E-state index contributed by atoms with van der Waals surface area (Å²) in [6, 6.07) is 18.8. The third-order valence-electron chi connectivity index (χ3n) is 4.87. The summed E-state index contributed by atoms with van der Waals surface area (Å²) < 4.78 is 6.94. The SMILES string of the molecule is Cc1c(C(=O)NCCc2cccc(Oc3ccnc(C(N)=O)c3)c2)sc2ccccc12. The number of amides is 2. The van der Waals surface area contributed by atoms with Crippen molar-refractivity contribution in [1.82, 2.24) is 10.3 Å². The van der Waals surface area contributed by atoms with Crippen LogP contribution in [0.2, 0.25) is 0 Å². The van der Waals surface area contributed by atoms with Crippen molar-refractivity contribution in [2.75, 3.05) is 6.54 Å². The van der Waals surface area contributed by atoms with Crippen molar-refractivity contribution < 1.29 is 14.3 Å². The maximum Gasteiger partial charge on any atom is 0.267 e. The van der Waals surface area contributed by atoms with E-state index in [9.17, 15) is 9.59 Å². The molecule has 0 spiro atoms. The summed E-state index contributed by atoms with van der Waals surface area (Å²) in [5.74, 6) is 0.450. The van der Waals surface area contributed by atoms with Crippen LogP contribution in [-0.2, 0) is 6.42 Å². The van der Waals surface area contributed by atoms with Crippen LogP contribution in [0.15, 0.2) is 66.9 Å². The molecule has 0 fully saturated rings. The molecule has 0 aliphatic heterocycles. The average molecular weight is 432 g/mol. The number of carbonyl (C=O) groups is 2. The van der Waals surface area contributed by atoms with Crippen molar-refractivity contribution >= 4 is 33.2 Å². The number of benzene rings is 2. The smallest absolute Gasteiger partial charge is 0.267 e. The molecule has 2 aromatic carbocycles. The number of nitrogens with zero attached hydrogens (tertiary/aromatic N) is 1. The third kappa shape index (κ3) is 4.73. The molecule has 0 aliphatic rings. The van der Waals surface area contributed by atoms with E-state index in [1.165, 1.54) is 23.6 Å². The van der Waals surface area contributed by atoms with Crippen LogP contribution in [-0.4, -0.2) is 23.3 Å². The van der Waals surface area contributed by atoms with Crippen molar-refractivity contribution in [3.05, 3.63) is 88.6 Å². The molecular formula is C24H21N3O3S. The molecule has 2 aromatic heterocycles. The van der Waals surface area contributed by atoms with Gasteiger partial charge in [0, 0.05) is 23.5 Å². The Hall–Kier alpha value is -3.71. The highest BCUT2D eigenvalue weighted by molar-refractivity contribution is 7.21. The zero-order chi connectivity index (χ0) is 21.8. The minimum atomic E-state index is -0.608. The van der Waals surface area contributed by atoms with Gasteiger partial charge in [-0.2, -0.15) is 0 Å². The van der Waals surface area contributed by atoms with E-state index in [2.05, 4.69) is 10.3 Å². The fourth-order valence-corrected chi connectivity index (χ4v) is 4.43. The van der Waals surface area contributed by atoms with E-state index in [0.717, 1.165) is 26.1 Å². The Morgan fingerprint density at radius 3 is 2.68 bits per heavy atom. The van der Waals surface area contributed by atoms with Crippen LogP contribution < -0.4 is 15.8 Å². The molecule has 0 atom stereocenters. The van der Waals surface area contributed by atoms with Crippen LogP contribution in [0.25, 0.3) is 10.1 Å². The summed E-state index contributed by atoms with van der Waals surface area (Å²) in [6.07, 6.45) is 2.14. The molecule has 4 rings (SSSR count). The summed E-state index contributed by atoms with van der Waals surface area (Å²) in [5.41, 5.74) is 7.45. The highest BCUT2D eigenvalue weighted by Crippen LogP contribution is 2.30. The number of thiophene rings is 1. The second kappa shape index (κ2) is 8.97. The number of ether oxygens (including phenoxy) is 1. The number of pyridine rings is 1. The van der Waals surface area contributed by atoms with Crippen LogP contribution in [0.1, 0.15) is 31.3 Å². The van der Waals surface area contributed by atoms with Crippen LogP contribution >= 0.6 is 11.3 Å². The Kier molecular flexibility index (Phi) is 5.95. The third-order valence-corrected chi connectivity index (χ3v) is 6.14. The van der Waals surface area contributed by atoms with Gasteiger partial charge in [0.1, 0.15) is 17.2 Å². The molecule has 0 saturated heterocycles. The van der Waals surface area contributed by atoms with Gasteiger partial charge in [-0.3, -0.25) is 14.6 Å². The molecule has 3 N–H and O–H groups in total. The number of nitrogens with two attached hydrogens (primary N) is 1. The summed E-state index contributed by atoms with van der Waals surface area (Å²) in [5, 5.41) is 4.13. The monoisotopic (exact) mass is 431 g/mol. The van der Waals surface area contributed by atoms with Gasteiger partial charge in [0.2, 0.25) is 0 Å². The van der Waals surface area contributed by atoms with Crippen LogP contribution in [0, 0.1) is 6.92 Å². The van der Waals surface area contributed by atoms with Gasteiger partial charge in [-0.15, -0.1) is 11.3 Å². The van der Waals surface area contributed by atoms with Gasteiger partial charge in [-0.05, 0) is 54.1 Å². The lowest BCUT2D eigenvalue weighted by molar-refractivity contribution is 0.0956. The van der Waals surface area contributed by atoms with E-state index in [1.54, 1.807) is 6.07 Å². The summed E-state index contributed by atoms with van der Waals surface area (Å²) in [7, 11) is 0. The first-order valence-corrected chi connectivity index (χ1v) is 10.6. The second-order valence-electron chi connectivity index (χ2n) is 7.05. The van der Waals surface area contributed by atoms with E-state index >= 15 is 0 Å². The van der Waals surface area contributed by atoms with Crippen molar-refractivity contribution in [3.8, 4) is 11.5 Å². The molecule has 2 heterocycles. The molecule has 0 aliphatic carbocycles. The van der Waals surface area contributed by atoms with Crippen molar-refractivity contribution in [3.63, 3.8) is 0 Å². The number of aryl methyl sites for hydroxylation is 1. The molecule has 0 saturated carbocycles. The summed E-state index contributed by atoms with van der Waals surface area (Å²) in [6.45, 7) is 2.49. The van der Waals surface area contributed by atoms with E-state index < -0.39 is 5.91 Å². The summed E-state index contributed by atoms with van der Waals surface area (Å²) in [4.78, 5) is 28.6. The van der Waals surface area contributed by atoms with Crippen LogP contribution in [0.3, 0.4) is 0 Å². The Bertz CT molecular complexity index is 1270. The molecular weight excluding hydrogens is 410 g/mol. The minimum Gasteiger partial charge on any atom is -0.457 e. The molecule has 0 radical (unpaired) electrons. The standard InChI is InChI=1S/C24H21N3O3S/c1-15-19-7-2-3-8-21(19)31-22(15)24(29)27-11-9-16-5-4-6-17(13-16)30-18-10-12-26-20(14-18)23(25)28/h2-8,10,12-14H,9,11H2,1H3,(H2,25,28)(H,27,29). The molecule has 0 unspecified atom stereocenters. The molecule has 156 valence electrons. The molecule has 7 heteroatoms. The van der Waals surface area contributed by atoms with Crippen molar-refractivity contribution in [2.45, 2.75) is 13.3 Å². The lowest BCUT2D eigenvalue weighted by Gasteiger charge is -2.09. The first kappa shape index (κ1) is 20.6. The predicted octanol–water partition coefficient (Wildman–Crippen LogP) is 4.47. The molecule has 6 nitrogen and oxygen atoms in total. The minimum absolute atomic E-state index is 0.0538. The highest BCUT2D eigenvalue weighted by Gasteiger charge is 2.14. The maximum atomic E-state index is 12.7. The number of hydrogen-bond donors (Lipinski definition) is 2. The zero-order valence-corrected chi connectivity index (χ0v) is 17.7. The lowest BCUT2D eigenvalue weighted by atomic mass is 10.1. The topological polar surface area (TPSA) is 94.3 Å². The average Bonchev–Trinajstić information content (AvgIpc) is 3.11. The molecule has 2 amide bonds. The number of hydrogen-bond acceptors (Lipinski definition) is 5. The van der Waals surface area contributed by atoms with Gasteiger partial charge in [0.15, 0.2) is 0 Å². The first-order valence-electron chi connectivity index (χ1n) is 9.80. The van der Waals surface area contributed by atoms with Gasteiger partial charge in [-0.25, -0.2) is 0 Å². The Labute approximate surface area is 183 Å². The predicted molar refractivity (Wildman–Crippen MR) is 122 cm³/mol. The normalized spacial score (nSPS) is 10.7. The van der Waals surface area contributed by atoms with Crippen LogP contribution in [0.5, 0.6) is 11.5 Å². The Morgan fingerprint density at radius 1 is 1.06 bits per heavy atom. The number of carbonyl (C=O) groups excluding carboxylic acids is 2. The number of fused-ring (bicyclic) bond motifs is 1. The number of rotatable bonds is 7. The number of aromatic nitrogens is 1. The van der Waals surface area contributed by atoms with E-state index in [-0.39, 0.29) is 11.6 Å². The number of primary amides is 1. The van der Waals surface area contributed by atoms with Crippen molar-refractivity contribution in [1.29, 1.82) is 0 Å². The van der Waals surface area contributed by atoms with E-state index in [0.29, 0.717) is 24.5 Å². The van der Waals surface area contributed by atoms with Gasteiger partial charge in [-0.1, -0.05) is 30.3 Å². The number of nitrogens with one attached hydrogen (secondary N) is 1. The Morgan fingerprint density at radius 2 is 1.87 bits per heavy atom. The largest absolute Gasteiger partial charge is 0.457 e. The van der Waals surface area contributed by atoms with E-state index in [1.807, 2.05) is 55.5 Å². The summed E-state index contributed by atoms with van der Waals surface area (Å²) >= 11 is 1.52. The van der Waals surface area contributed by atoms with E-state index in [4.69, 9.17) is 10.5 Å². The van der Waals surface area contributed by atoms with Gasteiger partial charge in [0.05, 0.1) is 4.88 Å². The molecule has 0 bridgehead atoms. The quantitative estimate of drug-likeness (QED) is 0.451. The van der Waals surface area contributed by atoms with Crippen molar-refractivity contribution in [2.24, 2.45) is 5.73 Å².